The van der Waals surface area contributed by atoms with Crippen LogP contribution in [0.5, 0.6) is 0 Å². The zero-order valence-electron chi connectivity index (χ0n) is 12.0. The Kier molecular flexibility index (Phi) is 3.74. The van der Waals surface area contributed by atoms with E-state index in [1.807, 2.05) is 54.6 Å². The predicted molar refractivity (Wildman–Crippen MR) is 87.0 cm³/mol. The third-order valence-corrected chi connectivity index (χ3v) is 4.35. The first-order valence-electron chi connectivity index (χ1n) is 6.95. The van der Waals surface area contributed by atoms with Gasteiger partial charge in [-0.1, -0.05) is 58.4 Å². The maximum Gasteiger partial charge on any atom is 0.325 e. The second kappa shape index (κ2) is 5.57. The largest absolute Gasteiger partial charge is 0.325 e. The number of nitrogens with one attached hydrogen (secondary N) is 1. The van der Waals surface area contributed by atoms with Gasteiger partial charge in [-0.2, -0.15) is 0 Å². The highest BCUT2D eigenvalue weighted by atomic mass is 79.9. The number of hydrogen-bond acceptors (Lipinski definition) is 2. The number of rotatable bonds is 3. The van der Waals surface area contributed by atoms with Crippen LogP contribution in [0.4, 0.5) is 4.79 Å². The van der Waals surface area contributed by atoms with E-state index in [0.717, 1.165) is 15.6 Å². The van der Waals surface area contributed by atoms with Crippen molar-refractivity contribution in [1.29, 1.82) is 0 Å². The van der Waals surface area contributed by atoms with E-state index in [9.17, 15) is 9.59 Å². The van der Waals surface area contributed by atoms with Crippen LogP contribution in [0.25, 0.3) is 0 Å². The molecule has 0 aliphatic carbocycles. The summed E-state index contributed by atoms with van der Waals surface area (Å²) in [6, 6.07) is 16.5. The minimum atomic E-state index is -1.01. The number of carbonyl (C=O) groups excluding carboxylic acids is 2. The molecule has 4 nitrogen and oxygen atoms in total. The van der Waals surface area contributed by atoms with Gasteiger partial charge in [0.2, 0.25) is 0 Å². The first kappa shape index (κ1) is 14.8. The Labute approximate surface area is 137 Å². The highest BCUT2D eigenvalue weighted by Gasteiger charge is 2.48. The molecule has 1 atom stereocenters. The second-order valence-electron chi connectivity index (χ2n) is 5.44. The van der Waals surface area contributed by atoms with Gasteiger partial charge >= 0.3 is 6.03 Å². The SMILES string of the molecule is C[C@]1(c2ccccc2)NC(=O)N(Cc2cccc(Br)c2)C1=O. The lowest BCUT2D eigenvalue weighted by Crippen LogP contribution is -2.40. The molecule has 0 saturated carbocycles. The molecule has 3 rings (SSSR count). The molecule has 1 aliphatic rings. The topological polar surface area (TPSA) is 49.4 Å². The van der Waals surface area contributed by atoms with Crippen molar-refractivity contribution in [1.82, 2.24) is 10.2 Å². The van der Waals surface area contributed by atoms with E-state index in [1.54, 1.807) is 6.92 Å². The molecule has 112 valence electrons. The lowest BCUT2D eigenvalue weighted by molar-refractivity contribution is -0.131. The normalized spacial score (nSPS) is 21.1. The summed E-state index contributed by atoms with van der Waals surface area (Å²) in [6.07, 6.45) is 0. The van der Waals surface area contributed by atoms with Crippen molar-refractivity contribution in [2.45, 2.75) is 19.0 Å². The van der Waals surface area contributed by atoms with Gasteiger partial charge in [-0.05, 0) is 30.2 Å². The summed E-state index contributed by atoms with van der Waals surface area (Å²) in [4.78, 5) is 26.3. The van der Waals surface area contributed by atoms with E-state index in [0.29, 0.717) is 0 Å². The molecular formula is C17H15BrN2O2. The maximum absolute atomic E-state index is 12.8. The molecule has 2 aromatic rings. The van der Waals surface area contributed by atoms with Crippen LogP contribution in [0.3, 0.4) is 0 Å². The molecular weight excluding hydrogens is 344 g/mol. The number of carbonyl (C=O) groups is 2. The number of benzene rings is 2. The van der Waals surface area contributed by atoms with E-state index in [1.165, 1.54) is 4.90 Å². The molecule has 1 fully saturated rings. The van der Waals surface area contributed by atoms with E-state index in [4.69, 9.17) is 0 Å². The molecule has 1 aliphatic heterocycles. The number of nitrogens with zero attached hydrogens (tertiary/aromatic N) is 1. The third-order valence-electron chi connectivity index (χ3n) is 3.86. The van der Waals surface area contributed by atoms with Crippen molar-refractivity contribution in [2.75, 3.05) is 0 Å². The number of imide groups is 1. The molecule has 22 heavy (non-hydrogen) atoms. The van der Waals surface area contributed by atoms with Crippen LogP contribution in [0.15, 0.2) is 59.1 Å². The van der Waals surface area contributed by atoms with Gasteiger partial charge in [0.15, 0.2) is 0 Å². The molecule has 0 bridgehead atoms. The van der Waals surface area contributed by atoms with E-state index in [-0.39, 0.29) is 18.5 Å². The zero-order chi connectivity index (χ0) is 15.7. The molecule has 0 radical (unpaired) electrons. The second-order valence-corrected chi connectivity index (χ2v) is 6.36. The summed E-state index contributed by atoms with van der Waals surface area (Å²) in [6.45, 7) is 2.00. The molecule has 1 saturated heterocycles. The highest BCUT2D eigenvalue weighted by molar-refractivity contribution is 9.10. The first-order valence-corrected chi connectivity index (χ1v) is 7.74. The van der Waals surface area contributed by atoms with Crippen molar-refractivity contribution in [3.63, 3.8) is 0 Å². The molecule has 3 amide bonds. The van der Waals surface area contributed by atoms with Crippen LogP contribution < -0.4 is 5.32 Å². The Balaban J connectivity index is 1.89. The number of halogens is 1. The smallest absolute Gasteiger partial charge is 0.319 e. The fraction of sp³-hybridized carbons (Fsp3) is 0.176. The van der Waals surface area contributed by atoms with E-state index < -0.39 is 5.54 Å². The highest BCUT2D eigenvalue weighted by Crippen LogP contribution is 2.29. The van der Waals surface area contributed by atoms with Gasteiger partial charge in [0.05, 0.1) is 6.54 Å². The fourth-order valence-corrected chi connectivity index (χ4v) is 3.07. The van der Waals surface area contributed by atoms with Gasteiger partial charge in [-0.15, -0.1) is 0 Å². The van der Waals surface area contributed by atoms with Crippen molar-refractivity contribution in [3.05, 3.63) is 70.2 Å². The van der Waals surface area contributed by atoms with Gasteiger partial charge in [0.25, 0.3) is 5.91 Å². The van der Waals surface area contributed by atoms with Crippen molar-refractivity contribution < 1.29 is 9.59 Å². The summed E-state index contributed by atoms with van der Waals surface area (Å²) in [7, 11) is 0. The molecule has 5 heteroatoms. The summed E-state index contributed by atoms with van der Waals surface area (Å²) in [5.41, 5.74) is 0.671. The number of urea groups is 1. The van der Waals surface area contributed by atoms with Crippen LogP contribution in [0.1, 0.15) is 18.1 Å². The molecule has 0 aromatic heterocycles. The van der Waals surface area contributed by atoms with Crippen LogP contribution in [-0.4, -0.2) is 16.8 Å². The molecule has 1 N–H and O–H groups in total. The Hall–Kier alpha value is -2.14. The van der Waals surface area contributed by atoms with Crippen LogP contribution >= 0.6 is 15.9 Å². The number of hydrogen-bond donors (Lipinski definition) is 1. The lowest BCUT2D eigenvalue weighted by Gasteiger charge is -2.22. The first-order chi connectivity index (χ1) is 10.5. The molecule has 0 spiro atoms. The average Bonchev–Trinajstić information content (AvgIpc) is 2.73. The third kappa shape index (κ3) is 2.52. The molecule has 0 unspecified atom stereocenters. The van der Waals surface area contributed by atoms with Gasteiger partial charge in [0.1, 0.15) is 5.54 Å². The van der Waals surface area contributed by atoms with E-state index >= 15 is 0 Å². The van der Waals surface area contributed by atoms with Crippen LogP contribution in [0.2, 0.25) is 0 Å². The summed E-state index contributed by atoms with van der Waals surface area (Å²) in [5, 5.41) is 2.81. The van der Waals surface area contributed by atoms with Crippen LogP contribution in [0, 0.1) is 0 Å². The van der Waals surface area contributed by atoms with Crippen molar-refractivity contribution >= 4 is 27.9 Å². The van der Waals surface area contributed by atoms with Gasteiger partial charge in [-0.3, -0.25) is 9.69 Å². The Morgan fingerprint density at radius 2 is 1.82 bits per heavy atom. The Bertz CT molecular complexity index is 732. The predicted octanol–water partition coefficient (Wildman–Crippen LogP) is 3.42. The summed E-state index contributed by atoms with van der Waals surface area (Å²) < 4.78 is 0.919. The standard InChI is InChI=1S/C17H15BrN2O2/c1-17(13-7-3-2-4-8-13)15(21)20(16(22)19-17)11-12-6-5-9-14(18)10-12/h2-10H,11H2,1H3,(H,19,22)/t17-/m1/s1. The van der Waals surface area contributed by atoms with E-state index in [2.05, 4.69) is 21.2 Å². The minimum Gasteiger partial charge on any atom is -0.319 e. The van der Waals surface area contributed by atoms with Crippen molar-refractivity contribution in [3.8, 4) is 0 Å². The monoisotopic (exact) mass is 358 g/mol. The van der Waals surface area contributed by atoms with Crippen molar-refractivity contribution in [2.24, 2.45) is 0 Å². The Morgan fingerprint density at radius 3 is 2.50 bits per heavy atom. The minimum absolute atomic E-state index is 0.233. The quantitative estimate of drug-likeness (QED) is 0.854. The fourth-order valence-electron chi connectivity index (χ4n) is 2.63. The molecule has 2 aromatic carbocycles. The number of amides is 3. The van der Waals surface area contributed by atoms with Gasteiger partial charge in [0, 0.05) is 4.47 Å². The average molecular weight is 359 g/mol. The Morgan fingerprint density at radius 1 is 1.09 bits per heavy atom. The summed E-state index contributed by atoms with van der Waals surface area (Å²) in [5.74, 6) is -0.233. The van der Waals surface area contributed by atoms with Gasteiger partial charge in [-0.25, -0.2) is 4.79 Å². The maximum atomic E-state index is 12.8. The van der Waals surface area contributed by atoms with Crippen LogP contribution in [-0.2, 0) is 16.9 Å². The summed E-state index contributed by atoms with van der Waals surface area (Å²) >= 11 is 3.40. The molecule has 1 heterocycles. The zero-order valence-corrected chi connectivity index (χ0v) is 13.6. The van der Waals surface area contributed by atoms with Gasteiger partial charge < -0.3 is 5.32 Å². The lowest BCUT2D eigenvalue weighted by atomic mass is 9.92.